The molecule has 0 fully saturated rings. The smallest absolute Gasteiger partial charge is 0.196 e. The second-order valence-electron chi connectivity index (χ2n) is 3.65. The Bertz CT molecular complexity index is 608. The molecule has 0 radical (unpaired) electrons. The maximum Gasteiger partial charge on any atom is 0.196 e. The van der Waals surface area contributed by atoms with Crippen LogP contribution in [-0.4, -0.2) is 21.1 Å². The minimum Gasteiger partial charge on any atom is -0.506 e. The monoisotopic (exact) mass is 308 g/mol. The van der Waals surface area contributed by atoms with Crippen molar-refractivity contribution in [3.8, 4) is 17.2 Å². The van der Waals surface area contributed by atoms with E-state index in [1.807, 2.05) is 0 Å². The molecule has 0 aliphatic heterocycles. The average molecular weight is 309 g/mol. The van der Waals surface area contributed by atoms with Crippen LogP contribution in [0.1, 0.15) is 15.9 Å². The van der Waals surface area contributed by atoms with Gasteiger partial charge in [-0.3, -0.25) is 4.79 Å². The standard InChI is InChI=1S/C13H9BrO4/c14-10-12(17)8(6-9(15)13(10)18)11(16)7-4-2-1-3-5-7/h1-6,15,17-18H. The van der Waals surface area contributed by atoms with Crippen molar-refractivity contribution in [2.75, 3.05) is 0 Å². The third-order valence-electron chi connectivity index (χ3n) is 2.48. The molecule has 0 heterocycles. The molecule has 2 aromatic rings. The van der Waals surface area contributed by atoms with Gasteiger partial charge in [0.1, 0.15) is 10.2 Å². The van der Waals surface area contributed by atoms with Crippen LogP contribution in [0, 0.1) is 0 Å². The van der Waals surface area contributed by atoms with E-state index < -0.39 is 23.0 Å². The van der Waals surface area contributed by atoms with Gasteiger partial charge in [-0.15, -0.1) is 0 Å². The number of carbonyl (C=O) groups is 1. The first-order chi connectivity index (χ1) is 8.52. The second kappa shape index (κ2) is 4.70. The molecule has 3 N–H and O–H groups in total. The third-order valence-corrected chi connectivity index (χ3v) is 3.23. The largest absolute Gasteiger partial charge is 0.506 e. The third kappa shape index (κ3) is 2.04. The number of carbonyl (C=O) groups excluding carboxylic acids is 1. The van der Waals surface area contributed by atoms with Gasteiger partial charge in [-0.1, -0.05) is 30.3 Å². The molecule has 0 unspecified atom stereocenters. The van der Waals surface area contributed by atoms with Gasteiger partial charge in [-0.2, -0.15) is 0 Å². The molecular weight excluding hydrogens is 300 g/mol. The van der Waals surface area contributed by atoms with Gasteiger partial charge in [0.05, 0.1) is 5.56 Å². The highest BCUT2D eigenvalue weighted by atomic mass is 79.9. The number of hydrogen-bond acceptors (Lipinski definition) is 4. The molecule has 0 saturated heterocycles. The Labute approximate surface area is 111 Å². The molecule has 2 rings (SSSR count). The summed E-state index contributed by atoms with van der Waals surface area (Å²) < 4.78 is -0.109. The van der Waals surface area contributed by atoms with E-state index in [4.69, 9.17) is 0 Å². The molecule has 92 valence electrons. The fourth-order valence-electron chi connectivity index (χ4n) is 1.53. The van der Waals surface area contributed by atoms with E-state index in [-0.39, 0.29) is 10.0 Å². The summed E-state index contributed by atoms with van der Waals surface area (Å²) in [5.41, 5.74) is 0.299. The van der Waals surface area contributed by atoms with E-state index in [9.17, 15) is 20.1 Å². The van der Waals surface area contributed by atoms with E-state index in [0.717, 1.165) is 6.07 Å². The molecule has 0 amide bonds. The minimum atomic E-state index is -0.503. The van der Waals surface area contributed by atoms with Crippen molar-refractivity contribution in [2.45, 2.75) is 0 Å². The van der Waals surface area contributed by atoms with Crippen molar-refractivity contribution < 1.29 is 20.1 Å². The molecule has 0 saturated carbocycles. The molecule has 0 aliphatic carbocycles. The lowest BCUT2D eigenvalue weighted by Gasteiger charge is -2.08. The Hall–Kier alpha value is -2.01. The summed E-state index contributed by atoms with van der Waals surface area (Å²) in [4.78, 5) is 12.1. The fourth-order valence-corrected chi connectivity index (χ4v) is 1.95. The summed E-state index contributed by atoms with van der Waals surface area (Å²) in [7, 11) is 0. The van der Waals surface area contributed by atoms with Crippen molar-refractivity contribution >= 4 is 21.7 Å². The fraction of sp³-hybridized carbons (Fsp3) is 0. The first-order valence-corrected chi connectivity index (χ1v) is 5.84. The zero-order valence-electron chi connectivity index (χ0n) is 9.09. The average Bonchev–Trinajstić information content (AvgIpc) is 2.41. The lowest BCUT2D eigenvalue weighted by atomic mass is 10.0. The minimum absolute atomic E-state index is 0.0802. The number of phenolic OH excluding ortho intramolecular Hbond substituents is 3. The summed E-state index contributed by atoms with van der Waals surface area (Å²) in [6, 6.07) is 9.38. The lowest BCUT2D eigenvalue weighted by molar-refractivity contribution is 0.103. The Morgan fingerprint density at radius 2 is 1.61 bits per heavy atom. The van der Waals surface area contributed by atoms with E-state index >= 15 is 0 Å². The molecule has 5 heteroatoms. The molecule has 2 aromatic carbocycles. The molecule has 0 spiro atoms. The summed E-state index contributed by atoms with van der Waals surface area (Å²) in [6.07, 6.45) is 0. The van der Waals surface area contributed by atoms with Crippen LogP contribution in [0.3, 0.4) is 0 Å². The highest BCUT2D eigenvalue weighted by Crippen LogP contribution is 2.42. The molecular formula is C13H9BrO4. The van der Waals surface area contributed by atoms with E-state index in [1.165, 1.54) is 0 Å². The van der Waals surface area contributed by atoms with Crippen LogP contribution in [0.15, 0.2) is 40.9 Å². The topological polar surface area (TPSA) is 77.8 Å². The van der Waals surface area contributed by atoms with Crippen molar-refractivity contribution in [1.29, 1.82) is 0 Å². The van der Waals surface area contributed by atoms with Gasteiger partial charge < -0.3 is 15.3 Å². The van der Waals surface area contributed by atoms with E-state index in [1.54, 1.807) is 30.3 Å². The summed E-state index contributed by atoms with van der Waals surface area (Å²) >= 11 is 2.91. The van der Waals surface area contributed by atoms with Gasteiger partial charge in [0.25, 0.3) is 0 Å². The van der Waals surface area contributed by atoms with Crippen molar-refractivity contribution in [1.82, 2.24) is 0 Å². The molecule has 0 aliphatic rings. The van der Waals surface area contributed by atoms with Gasteiger partial charge in [-0.05, 0) is 22.0 Å². The SMILES string of the molecule is O=C(c1ccccc1)c1cc(O)c(O)c(Br)c1O. The zero-order chi connectivity index (χ0) is 13.3. The van der Waals surface area contributed by atoms with Gasteiger partial charge in [-0.25, -0.2) is 0 Å². The highest BCUT2D eigenvalue weighted by molar-refractivity contribution is 9.10. The Morgan fingerprint density at radius 3 is 2.22 bits per heavy atom. The van der Waals surface area contributed by atoms with Crippen LogP contribution in [-0.2, 0) is 0 Å². The van der Waals surface area contributed by atoms with Crippen LogP contribution >= 0.6 is 15.9 Å². The van der Waals surface area contributed by atoms with E-state index in [0.29, 0.717) is 5.56 Å². The van der Waals surface area contributed by atoms with Crippen LogP contribution in [0.25, 0.3) is 0 Å². The van der Waals surface area contributed by atoms with Gasteiger partial charge in [0.2, 0.25) is 0 Å². The van der Waals surface area contributed by atoms with Crippen molar-refractivity contribution in [3.63, 3.8) is 0 Å². The van der Waals surface area contributed by atoms with Crippen LogP contribution in [0.5, 0.6) is 17.2 Å². The maximum absolute atomic E-state index is 12.1. The Balaban J connectivity index is 2.56. The summed E-state index contributed by atoms with van der Waals surface area (Å²) in [5.74, 6) is -1.82. The quantitative estimate of drug-likeness (QED) is 0.453. The highest BCUT2D eigenvalue weighted by Gasteiger charge is 2.20. The number of halogens is 1. The molecule has 18 heavy (non-hydrogen) atoms. The number of benzene rings is 2. The maximum atomic E-state index is 12.1. The van der Waals surface area contributed by atoms with Crippen LogP contribution in [0.2, 0.25) is 0 Å². The molecule has 0 aromatic heterocycles. The van der Waals surface area contributed by atoms with Crippen LogP contribution in [0.4, 0.5) is 0 Å². The number of hydrogen-bond donors (Lipinski definition) is 3. The Morgan fingerprint density at radius 1 is 1.00 bits per heavy atom. The first-order valence-electron chi connectivity index (χ1n) is 5.05. The van der Waals surface area contributed by atoms with Gasteiger partial charge in [0, 0.05) is 5.56 Å². The molecule has 0 bridgehead atoms. The molecule has 4 nitrogen and oxygen atoms in total. The van der Waals surface area contributed by atoms with Gasteiger partial charge >= 0.3 is 0 Å². The number of phenols is 3. The normalized spacial score (nSPS) is 10.3. The zero-order valence-corrected chi connectivity index (χ0v) is 10.7. The Kier molecular flexibility index (Phi) is 3.25. The predicted molar refractivity (Wildman–Crippen MR) is 69.0 cm³/mol. The van der Waals surface area contributed by atoms with E-state index in [2.05, 4.69) is 15.9 Å². The summed E-state index contributed by atoms with van der Waals surface area (Å²) in [6.45, 7) is 0. The van der Waals surface area contributed by atoms with Crippen molar-refractivity contribution in [2.24, 2.45) is 0 Å². The summed E-state index contributed by atoms with van der Waals surface area (Å²) in [5, 5.41) is 28.6. The first kappa shape index (κ1) is 12.4. The number of aromatic hydroxyl groups is 3. The predicted octanol–water partition coefficient (Wildman–Crippen LogP) is 2.80. The lowest BCUT2D eigenvalue weighted by Crippen LogP contribution is -2.01. The second-order valence-corrected chi connectivity index (χ2v) is 4.44. The van der Waals surface area contributed by atoms with Crippen molar-refractivity contribution in [3.05, 3.63) is 52.0 Å². The van der Waals surface area contributed by atoms with Gasteiger partial charge in [0.15, 0.2) is 17.3 Å². The molecule has 0 atom stereocenters. The number of rotatable bonds is 2. The number of ketones is 1. The van der Waals surface area contributed by atoms with Crippen LogP contribution < -0.4 is 0 Å².